The number of rotatable bonds is 7. The maximum atomic E-state index is 14.1. The number of aromatic nitrogens is 2. The summed E-state index contributed by atoms with van der Waals surface area (Å²) in [6.07, 6.45) is -3.31. The molecule has 190 valence electrons. The molecule has 1 saturated carbocycles. The molecule has 0 spiro atoms. The Hall–Kier alpha value is -2.53. The number of benzene rings is 1. The molecule has 0 aliphatic heterocycles. The van der Waals surface area contributed by atoms with Crippen LogP contribution in [0.15, 0.2) is 42.9 Å². The van der Waals surface area contributed by atoms with Gasteiger partial charge in [0.2, 0.25) is 10.0 Å². The summed E-state index contributed by atoms with van der Waals surface area (Å²) in [7, 11) is -3.92. The lowest BCUT2D eigenvalue weighted by molar-refractivity contribution is -0.137. The summed E-state index contributed by atoms with van der Waals surface area (Å²) >= 11 is 0. The number of nitrogens with one attached hydrogen (secondary N) is 1. The average Bonchev–Trinajstić information content (AvgIpc) is 3.55. The highest BCUT2D eigenvalue weighted by Crippen LogP contribution is 2.40. The molecular weight excluding hydrogens is 489 g/mol. The van der Waals surface area contributed by atoms with E-state index < -0.39 is 39.5 Å². The monoisotopic (exact) mass is 515 g/mol. The highest BCUT2D eigenvalue weighted by atomic mass is 32.2. The molecule has 1 unspecified atom stereocenters. The van der Waals surface area contributed by atoms with E-state index in [4.69, 9.17) is 0 Å². The first-order chi connectivity index (χ1) is 16.2. The molecule has 5 nitrogen and oxygen atoms in total. The predicted octanol–water partition coefficient (Wildman–Crippen LogP) is 6.16. The third-order valence-corrected chi connectivity index (χ3v) is 7.77. The fourth-order valence-electron chi connectivity index (χ4n) is 4.15. The van der Waals surface area contributed by atoms with E-state index in [2.05, 4.69) is 9.71 Å². The summed E-state index contributed by atoms with van der Waals surface area (Å²) in [5.74, 6) is 0. The Morgan fingerprint density at radius 2 is 1.83 bits per heavy atom. The Kier molecular flexibility index (Phi) is 6.46. The summed E-state index contributed by atoms with van der Waals surface area (Å²) in [5, 5.41) is -0.324. The van der Waals surface area contributed by atoms with Gasteiger partial charge in [-0.3, -0.25) is 4.98 Å². The SMILES string of the molecule is CC(C)(C)Cn1cc(C(NS(=O)(=O)C2CC2)C(F)F)c2ccc(-c3ccncc3C(F)(F)F)cc21. The molecule has 0 saturated heterocycles. The van der Waals surface area contributed by atoms with Crippen molar-refractivity contribution in [3.63, 3.8) is 0 Å². The Labute approximate surface area is 200 Å². The second-order valence-corrected chi connectivity index (χ2v) is 12.1. The van der Waals surface area contributed by atoms with Gasteiger partial charge in [0.1, 0.15) is 6.04 Å². The number of pyridine rings is 1. The zero-order valence-corrected chi connectivity index (χ0v) is 20.2. The lowest BCUT2D eigenvalue weighted by Gasteiger charge is -2.20. The van der Waals surface area contributed by atoms with Crippen LogP contribution in [-0.2, 0) is 22.7 Å². The van der Waals surface area contributed by atoms with Gasteiger partial charge in [-0.15, -0.1) is 0 Å². The van der Waals surface area contributed by atoms with Crippen LogP contribution in [-0.4, -0.2) is 29.6 Å². The van der Waals surface area contributed by atoms with Gasteiger partial charge in [0.05, 0.1) is 10.8 Å². The van der Waals surface area contributed by atoms with Crippen LogP contribution in [0.1, 0.15) is 50.8 Å². The van der Waals surface area contributed by atoms with Gasteiger partial charge in [0.25, 0.3) is 6.43 Å². The number of nitrogens with zero attached hydrogens (tertiary/aromatic N) is 2. The molecule has 2 aromatic heterocycles. The fourth-order valence-corrected chi connectivity index (χ4v) is 5.68. The lowest BCUT2D eigenvalue weighted by atomic mass is 9.96. The molecule has 1 N–H and O–H groups in total. The largest absolute Gasteiger partial charge is 0.418 e. The molecule has 11 heteroatoms. The summed E-state index contributed by atoms with van der Waals surface area (Å²) in [4.78, 5) is 3.59. The van der Waals surface area contributed by atoms with Crippen LogP contribution in [0.25, 0.3) is 22.0 Å². The van der Waals surface area contributed by atoms with Crippen molar-refractivity contribution in [1.29, 1.82) is 0 Å². The standard InChI is InChI=1S/C24H26F5N3O2S/c1-23(2,3)13-32-12-18(21(22(25)26)31-35(33,34)15-5-6-15)17-7-4-14(10-20(17)32)16-8-9-30-11-19(16)24(27,28)29/h4,7-12,15,21-22,31H,5-6,13H2,1-3H3. The van der Waals surface area contributed by atoms with E-state index in [0.29, 0.717) is 30.3 Å². The molecule has 1 fully saturated rings. The number of sulfonamides is 1. The van der Waals surface area contributed by atoms with E-state index in [9.17, 15) is 30.4 Å². The Balaban J connectivity index is 1.88. The van der Waals surface area contributed by atoms with Gasteiger partial charge in [-0.25, -0.2) is 21.9 Å². The van der Waals surface area contributed by atoms with Gasteiger partial charge >= 0.3 is 6.18 Å². The van der Waals surface area contributed by atoms with Crippen molar-refractivity contribution in [2.45, 2.75) is 64.1 Å². The maximum Gasteiger partial charge on any atom is 0.418 e. The first kappa shape index (κ1) is 25.6. The zero-order chi connectivity index (χ0) is 25.8. The van der Waals surface area contributed by atoms with E-state index in [0.717, 1.165) is 6.20 Å². The van der Waals surface area contributed by atoms with E-state index in [1.807, 2.05) is 20.8 Å². The minimum Gasteiger partial charge on any atom is -0.347 e. The first-order valence-corrected chi connectivity index (χ1v) is 12.7. The van der Waals surface area contributed by atoms with Crippen LogP contribution in [0, 0.1) is 5.41 Å². The van der Waals surface area contributed by atoms with Crippen LogP contribution in [0.3, 0.4) is 0 Å². The number of hydrogen-bond acceptors (Lipinski definition) is 3. The van der Waals surface area contributed by atoms with E-state index in [-0.39, 0.29) is 22.1 Å². The molecule has 2 heterocycles. The number of alkyl halides is 5. The van der Waals surface area contributed by atoms with Gasteiger partial charge in [0.15, 0.2) is 0 Å². The molecule has 0 radical (unpaired) electrons. The normalized spacial score (nSPS) is 16.3. The summed E-state index contributed by atoms with van der Waals surface area (Å²) in [5.41, 5.74) is -0.509. The van der Waals surface area contributed by atoms with Crippen molar-refractivity contribution in [3.8, 4) is 11.1 Å². The average molecular weight is 516 g/mol. The summed E-state index contributed by atoms with van der Waals surface area (Å²) in [6, 6.07) is 3.90. The van der Waals surface area contributed by atoms with Crippen molar-refractivity contribution in [1.82, 2.24) is 14.3 Å². The minimum absolute atomic E-state index is 0.0840. The van der Waals surface area contributed by atoms with Gasteiger partial charge in [0, 0.05) is 41.6 Å². The van der Waals surface area contributed by atoms with Crippen molar-refractivity contribution < 1.29 is 30.4 Å². The van der Waals surface area contributed by atoms with Crippen LogP contribution < -0.4 is 4.72 Å². The van der Waals surface area contributed by atoms with E-state index in [1.165, 1.54) is 36.7 Å². The Morgan fingerprint density at radius 1 is 1.14 bits per heavy atom. The van der Waals surface area contributed by atoms with Crippen molar-refractivity contribution in [2.75, 3.05) is 0 Å². The number of halogens is 5. The highest BCUT2D eigenvalue weighted by molar-refractivity contribution is 7.90. The zero-order valence-electron chi connectivity index (χ0n) is 19.4. The molecule has 1 aliphatic rings. The number of fused-ring (bicyclic) bond motifs is 1. The quantitative estimate of drug-likeness (QED) is 0.384. The number of hydrogen-bond donors (Lipinski definition) is 1. The molecule has 1 atom stereocenters. The molecule has 1 aliphatic carbocycles. The van der Waals surface area contributed by atoms with Gasteiger partial charge in [-0.05, 0) is 41.5 Å². The molecule has 0 amide bonds. The van der Waals surface area contributed by atoms with Crippen LogP contribution in [0.2, 0.25) is 0 Å². The van der Waals surface area contributed by atoms with Gasteiger partial charge in [-0.2, -0.15) is 13.2 Å². The molecule has 3 aromatic rings. The van der Waals surface area contributed by atoms with Crippen molar-refractivity contribution >= 4 is 20.9 Å². The van der Waals surface area contributed by atoms with Crippen LogP contribution >= 0.6 is 0 Å². The van der Waals surface area contributed by atoms with Crippen molar-refractivity contribution in [3.05, 3.63) is 54.0 Å². The highest BCUT2D eigenvalue weighted by Gasteiger charge is 2.40. The van der Waals surface area contributed by atoms with Crippen molar-refractivity contribution in [2.24, 2.45) is 5.41 Å². The predicted molar refractivity (Wildman–Crippen MR) is 123 cm³/mol. The third kappa shape index (κ3) is 5.50. The Morgan fingerprint density at radius 3 is 2.40 bits per heavy atom. The lowest BCUT2D eigenvalue weighted by Crippen LogP contribution is -2.35. The topological polar surface area (TPSA) is 64.0 Å². The third-order valence-electron chi connectivity index (χ3n) is 5.84. The fraction of sp³-hybridized carbons (Fsp3) is 0.458. The smallest absolute Gasteiger partial charge is 0.347 e. The summed E-state index contributed by atoms with van der Waals surface area (Å²) in [6.45, 7) is 6.19. The molecule has 35 heavy (non-hydrogen) atoms. The van der Waals surface area contributed by atoms with Crippen LogP contribution in [0.5, 0.6) is 0 Å². The molecular formula is C24H26F5N3O2S. The second kappa shape index (κ2) is 8.85. The van der Waals surface area contributed by atoms with Gasteiger partial charge < -0.3 is 4.57 Å². The minimum atomic E-state index is -4.63. The Bertz CT molecular complexity index is 1340. The molecule has 1 aromatic carbocycles. The molecule has 4 rings (SSSR count). The van der Waals surface area contributed by atoms with E-state index in [1.54, 1.807) is 4.57 Å². The van der Waals surface area contributed by atoms with Crippen LogP contribution in [0.4, 0.5) is 22.0 Å². The van der Waals surface area contributed by atoms with E-state index >= 15 is 0 Å². The second-order valence-electron chi connectivity index (χ2n) is 10.1. The van der Waals surface area contributed by atoms with Gasteiger partial charge in [-0.1, -0.05) is 32.9 Å². The first-order valence-electron chi connectivity index (χ1n) is 11.1. The summed E-state index contributed by atoms with van der Waals surface area (Å²) < 4.78 is 97.8. The maximum absolute atomic E-state index is 14.1. The molecule has 0 bridgehead atoms.